The normalized spacial score (nSPS) is 15.3. The Labute approximate surface area is 168 Å². The summed E-state index contributed by atoms with van der Waals surface area (Å²) in [6.45, 7) is 9.02. The van der Waals surface area contributed by atoms with Gasteiger partial charge < -0.3 is 14.5 Å². The van der Waals surface area contributed by atoms with E-state index in [4.69, 9.17) is 14.7 Å². The summed E-state index contributed by atoms with van der Waals surface area (Å²) >= 11 is 1.71. The number of benzene rings is 1. The highest BCUT2D eigenvalue weighted by molar-refractivity contribution is 7.18. The lowest BCUT2D eigenvalue weighted by Crippen LogP contribution is -3.12. The van der Waals surface area contributed by atoms with Crippen molar-refractivity contribution < 1.29 is 14.0 Å². The molecule has 3 heterocycles. The van der Waals surface area contributed by atoms with Crippen molar-refractivity contribution in [1.82, 2.24) is 9.97 Å². The molecule has 3 aromatic rings. The molecule has 0 radical (unpaired) electrons. The summed E-state index contributed by atoms with van der Waals surface area (Å²) in [5, 5.41) is 1.09. The van der Waals surface area contributed by atoms with E-state index in [-0.39, 0.29) is 5.82 Å². The van der Waals surface area contributed by atoms with Gasteiger partial charge in [-0.15, -0.1) is 11.3 Å². The molecule has 1 aliphatic heterocycles. The van der Waals surface area contributed by atoms with Crippen LogP contribution in [0.2, 0.25) is 0 Å². The van der Waals surface area contributed by atoms with Gasteiger partial charge >= 0.3 is 0 Å². The zero-order valence-electron chi connectivity index (χ0n) is 16.6. The molecular weight excluding hydrogens is 375 g/mol. The first-order valence-electron chi connectivity index (χ1n) is 9.65. The maximum absolute atomic E-state index is 14.2. The van der Waals surface area contributed by atoms with E-state index in [1.807, 2.05) is 24.1 Å². The second-order valence-corrected chi connectivity index (χ2v) is 8.62. The summed E-state index contributed by atoms with van der Waals surface area (Å²) in [7, 11) is 1.98. The molecule has 5 nitrogen and oxygen atoms in total. The average molecular weight is 402 g/mol. The van der Waals surface area contributed by atoms with Gasteiger partial charge in [0.2, 0.25) is 0 Å². The van der Waals surface area contributed by atoms with E-state index in [1.54, 1.807) is 17.4 Å². The van der Waals surface area contributed by atoms with Gasteiger partial charge in [0.05, 0.1) is 18.6 Å². The third-order valence-electron chi connectivity index (χ3n) is 5.39. The number of nitrogens with zero attached hydrogens (tertiary/aromatic N) is 3. The van der Waals surface area contributed by atoms with Gasteiger partial charge in [-0.2, -0.15) is 0 Å². The van der Waals surface area contributed by atoms with Crippen molar-refractivity contribution in [2.45, 2.75) is 26.9 Å². The minimum atomic E-state index is -0.184. The number of fused-ring (bicyclic) bond motifs is 1. The summed E-state index contributed by atoms with van der Waals surface area (Å²) < 4.78 is 19.6. The smallest absolute Gasteiger partial charge is 0.187 e. The molecule has 148 valence electrons. The number of nitrogens with one attached hydrogen (secondary N) is 1. The Bertz CT molecular complexity index is 984. The monoisotopic (exact) mass is 401 g/mol. The van der Waals surface area contributed by atoms with Crippen LogP contribution in [0.1, 0.15) is 21.8 Å². The van der Waals surface area contributed by atoms with Crippen molar-refractivity contribution in [2.75, 3.05) is 38.3 Å². The topological polar surface area (TPSA) is 42.7 Å². The Morgan fingerprint density at radius 3 is 2.68 bits per heavy atom. The van der Waals surface area contributed by atoms with Gasteiger partial charge in [-0.3, -0.25) is 0 Å². The van der Waals surface area contributed by atoms with Gasteiger partial charge in [-0.05, 0) is 25.5 Å². The number of ether oxygens (including phenoxy) is 1. The number of hydrogen-bond acceptors (Lipinski definition) is 5. The summed E-state index contributed by atoms with van der Waals surface area (Å²) in [4.78, 5) is 15.5. The Balaban J connectivity index is 1.70. The van der Waals surface area contributed by atoms with E-state index in [2.05, 4.69) is 13.8 Å². The number of quaternary nitrogens is 1. The van der Waals surface area contributed by atoms with Crippen LogP contribution in [0.5, 0.6) is 0 Å². The molecule has 0 spiro atoms. The third-order valence-corrected chi connectivity index (χ3v) is 6.49. The van der Waals surface area contributed by atoms with Crippen molar-refractivity contribution in [3.8, 4) is 0 Å². The Morgan fingerprint density at radius 1 is 1.18 bits per heavy atom. The molecule has 0 amide bonds. The highest BCUT2D eigenvalue weighted by Gasteiger charge is 2.21. The highest BCUT2D eigenvalue weighted by atomic mass is 32.1. The fourth-order valence-corrected chi connectivity index (χ4v) is 4.69. The SMILES string of the molecule is Cc1sc2nc(C[NH+]3CCOCC3)nc(N(C)Cc3ccccc3F)c2c1C. The van der Waals surface area contributed by atoms with Gasteiger partial charge in [0.1, 0.15) is 36.1 Å². The van der Waals surface area contributed by atoms with Crippen LogP contribution in [0.3, 0.4) is 0 Å². The molecule has 1 aliphatic rings. The van der Waals surface area contributed by atoms with Crippen molar-refractivity contribution >= 4 is 27.4 Å². The first kappa shape index (κ1) is 19.2. The number of aromatic nitrogens is 2. The lowest BCUT2D eigenvalue weighted by molar-refractivity contribution is -0.922. The molecule has 4 rings (SSSR count). The van der Waals surface area contributed by atoms with Gasteiger partial charge in [-0.25, -0.2) is 14.4 Å². The summed E-state index contributed by atoms with van der Waals surface area (Å²) in [6.07, 6.45) is 0. The lowest BCUT2D eigenvalue weighted by atomic mass is 10.1. The standard InChI is InChI=1S/C21H25FN4OS/c1-14-15(2)28-21-19(14)20(25(3)12-16-6-4-5-7-17(16)22)23-18(24-21)13-26-8-10-27-11-9-26/h4-7H,8-13H2,1-3H3/p+1. The quantitative estimate of drug-likeness (QED) is 0.713. The van der Waals surface area contributed by atoms with Gasteiger partial charge in [-0.1, -0.05) is 18.2 Å². The lowest BCUT2D eigenvalue weighted by Gasteiger charge is -2.24. The van der Waals surface area contributed by atoms with Crippen LogP contribution in [0, 0.1) is 19.7 Å². The molecule has 0 bridgehead atoms. The van der Waals surface area contributed by atoms with Crippen molar-refractivity contribution in [3.63, 3.8) is 0 Å². The molecule has 28 heavy (non-hydrogen) atoms. The molecule has 1 saturated heterocycles. The fourth-order valence-electron chi connectivity index (χ4n) is 3.64. The van der Waals surface area contributed by atoms with E-state index >= 15 is 0 Å². The minimum Gasteiger partial charge on any atom is -0.370 e. The molecule has 1 aromatic carbocycles. The number of anilines is 1. The van der Waals surface area contributed by atoms with Crippen LogP contribution in [0.4, 0.5) is 10.2 Å². The molecule has 1 fully saturated rings. The van der Waals surface area contributed by atoms with Crippen LogP contribution < -0.4 is 9.80 Å². The molecule has 0 aliphatic carbocycles. The van der Waals surface area contributed by atoms with Crippen LogP contribution in [-0.4, -0.2) is 43.3 Å². The molecule has 0 saturated carbocycles. The van der Waals surface area contributed by atoms with Gasteiger partial charge in [0.15, 0.2) is 5.82 Å². The number of morpholine rings is 1. The predicted molar refractivity (Wildman–Crippen MR) is 111 cm³/mol. The maximum atomic E-state index is 14.2. The summed E-state index contributed by atoms with van der Waals surface area (Å²) in [5.41, 5.74) is 1.88. The molecular formula is C21H26FN4OS+. The Kier molecular flexibility index (Phi) is 5.57. The summed E-state index contributed by atoms with van der Waals surface area (Å²) in [5.74, 6) is 1.55. The second-order valence-electron chi connectivity index (χ2n) is 7.41. The van der Waals surface area contributed by atoms with Gasteiger partial charge in [0.25, 0.3) is 0 Å². The molecule has 7 heteroatoms. The van der Waals surface area contributed by atoms with Crippen molar-refractivity contribution in [3.05, 3.63) is 51.9 Å². The Hall–Kier alpha value is -2.09. The van der Waals surface area contributed by atoms with E-state index < -0.39 is 0 Å². The van der Waals surface area contributed by atoms with E-state index in [9.17, 15) is 4.39 Å². The van der Waals surface area contributed by atoms with Crippen LogP contribution in [0.15, 0.2) is 24.3 Å². The van der Waals surface area contributed by atoms with E-state index in [0.717, 1.165) is 54.7 Å². The number of aryl methyl sites for hydroxylation is 2. The van der Waals surface area contributed by atoms with Crippen molar-refractivity contribution in [2.24, 2.45) is 0 Å². The largest absolute Gasteiger partial charge is 0.370 e. The second kappa shape index (κ2) is 8.11. The number of thiophene rings is 1. The molecule has 0 unspecified atom stereocenters. The molecule has 1 N–H and O–H groups in total. The highest BCUT2D eigenvalue weighted by Crippen LogP contribution is 2.35. The van der Waals surface area contributed by atoms with Crippen LogP contribution >= 0.6 is 11.3 Å². The number of rotatable bonds is 5. The van der Waals surface area contributed by atoms with E-state index in [1.165, 1.54) is 21.4 Å². The van der Waals surface area contributed by atoms with Gasteiger partial charge in [0, 0.05) is 24.0 Å². The third kappa shape index (κ3) is 3.87. The van der Waals surface area contributed by atoms with Crippen molar-refractivity contribution in [1.29, 1.82) is 0 Å². The minimum absolute atomic E-state index is 0.184. The van der Waals surface area contributed by atoms with Crippen LogP contribution in [-0.2, 0) is 17.8 Å². The first-order valence-corrected chi connectivity index (χ1v) is 10.5. The maximum Gasteiger partial charge on any atom is 0.187 e. The molecule has 0 atom stereocenters. The Morgan fingerprint density at radius 2 is 1.93 bits per heavy atom. The zero-order chi connectivity index (χ0) is 19.7. The zero-order valence-corrected chi connectivity index (χ0v) is 17.4. The summed E-state index contributed by atoms with van der Waals surface area (Å²) in [6, 6.07) is 6.92. The number of hydrogen-bond donors (Lipinski definition) is 1. The molecule has 2 aromatic heterocycles. The van der Waals surface area contributed by atoms with Crippen LogP contribution in [0.25, 0.3) is 10.2 Å². The number of halogens is 1. The van der Waals surface area contributed by atoms with E-state index in [0.29, 0.717) is 12.1 Å². The predicted octanol–water partition coefficient (Wildman–Crippen LogP) is 2.50. The first-order chi connectivity index (χ1) is 13.5. The fraction of sp³-hybridized carbons (Fsp3) is 0.429. The average Bonchev–Trinajstić information content (AvgIpc) is 2.97.